The smallest absolute Gasteiger partial charge is 0.0860 e. The van der Waals surface area contributed by atoms with Crippen LogP contribution in [-0.4, -0.2) is 33.8 Å². The maximum Gasteiger partial charge on any atom is 0.0860 e. The molecule has 0 spiro atoms. The van der Waals surface area contributed by atoms with Gasteiger partial charge in [0.15, 0.2) is 0 Å². The number of likely N-dealkylation sites (tertiary alicyclic amines) is 1. The van der Waals surface area contributed by atoms with Crippen LogP contribution in [0.5, 0.6) is 0 Å². The van der Waals surface area contributed by atoms with Crippen LogP contribution in [0.25, 0.3) is 0 Å². The number of hydrogen-bond acceptors (Lipinski definition) is 3. The van der Waals surface area contributed by atoms with E-state index in [0.29, 0.717) is 5.92 Å². The maximum absolute atomic E-state index is 6.26. The minimum absolute atomic E-state index is 0.275. The second-order valence-corrected chi connectivity index (χ2v) is 5.51. The lowest BCUT2D eigenvalue weighted by molar-refractivity contribution is 0.159. The van der Waals surface area contributed by atoms with Crippen molar-refractivity contribution in [3.8, 4) is 0 Å². The zero-order chi connectivity index (χ0) is 12.6. The van der Waals surface area contributed by atoms with Crippen molar-refractivity contribution >= 4 is 11.6 Å². The van der Waals surface area contributed by atoms with Crippen LogP contribution < -0.4 is 5.73 Å². The second kappa shape index (κ2) is 4.96. The standard InChI is InChI=1S/C12H21ClN4/c1-8-4-5-17(6-10(8)14)7-11-12(13)9(2)15-16(11)3/h8,10H,4-7,14H2,1-3H3. The number of hydrogen-bond donors (Lipinski definition) is 1. The SMILES string of the molecule is Cc1nn(C)c(CN2CCC(C)C(N)C2)c1Cl. The quantitative estimate of drug-likeness (QED) is 0.874. The molecule has 2 unspecified atom stereocenters. The first-order valence-electron chi connectivity index (χ1n) is 6.15. The average Bonchev–Trinajstić information content (AvgIpc) is 2.50. The molecule has 0 saturated carbocycles. The Morgan fingerprint density at radius 3 is 2.76 bits per heavy atom. The lowest BCUT2D eigenvalue weighted by Gasteiger charge is -2.34. The third-order valence-electron chi connectivity index (χ3n) is 3.74. The van der Waals surface area contributed by atoms with E-state index in [1.54, 1.807) is 0 Å². The van der Waals surface area contributed by atoms with Gasteiger partial charge in [-0.2, -0.15) is 5.10 Å². The Hall–Kier alpha value is -0.580. The fraction of sp³-hybridized carbons (Fsp3) is 0.750. The summed E-state index contributed by atoms with van der Waals surface area (Å²) in [5.41, 5.74) is 8.10. The predicted molar refractivity (Wildman–Crippen MR) is 70.0 cm³/mol. The molecule has 1 fully saturated rings. The first kappa shape index (κ1) is 12.9. The summed E-state index contributed by atoms with van der Waals surface area (Å²) in [5, 5.41) is 5.13. The van der Waals surface area contributed by atoms with Gasteiger partial charge < -0.3 is 5.73 Å². The Morgan fingerprint density at radius 1 is 1.53 bits per heavy atom. The van der Waals surface area contributed by atoms with Crippen LogP contribution >= 0.6 is 11.6 Å². The highest BCUT2D eigenvalue weighted by atomic mass is 35.5. The molecule has 2 atom stereocenters. The molecule has 96 valence electrons. The molecule has 2 rings (SSSR count). The summed E-state index contributed by atoms with van der Waals surface area (Å²) < 4.78 is 1.88. The molecule has 4 nitrogen and oxygen atoms in total. The van der Waals surface area contributed by atoms with E-state index in [2.05, 4.69) is 16.9 Å². The van der Waals surface area contributed by atoms with Crippen molar-refractivity contribution in [2.75, 3.05) is 13.1 Å². The van der Waals surface area contributed by atoms with Gasteiger partial charge in [0.1, 0.15) is 0 Å². The summed E-state index contributed by atoms with van der Waals surface area (Å²) >= 11 is 6.26. The van der Waals surface area contributed by atoms with E-state index in [1.165, 1.54) is 0 Å². The molecule has 0 bridgehead atoms. The van der Waals surface area contributed by atoms with Crippen LogP contribution in [0.1, 0.15) is 24.7 Å². The van der Waals surface area contributed by atoms with Gasteiger partial charge in [0.25, 0.3) is 0 Å². The molecule has 0 radical (unpaired) electrons. The van der Waals surface area contributed by atoms with Crippen molar-refractivity contribution in [3.05, 3.63) is 16.4 Å². The molecule has 0 aliphatic carbocycles. The first-order chi connectivity index (χ1) is 7.99. The molecule has 5 heteroatoms. The zero-order valence-corrected chi connectivity index (χ0v) is 11.5. The van der Waals surface area contributed by atoms with Gasteiger partial charge in [-0.05, 0) is 25.8 Å². The lowest BCUT2D eigenvalue weighted by atomic mass is 9.94. The molecule has 17 heavy (non-hydrogen) atoms. The Labute approximate surface area is 108 Å². The number of aryl methyl sites for hydroxylation is 2. The van der Waals surface area contributed by atoms with Crippen LogP contribution in [0.4, 0.5) is 0 Å². The molecule has 2 heterocycles. The molecule has 2 N–H and O–H groups in total. The highest BCUT2D eigenvalue weighted by Crippen LogP contribution is 2.23. The summed E-state index contributed by atoms with van der Waals surface area (Å²) in [6.07, 6.45) is 1.16. The number of piperidine rings is 1. The first-order valence-corrected chi connectivity index (χ1v) is 6.52. The van der Waals surface area contributed by atoms with Gasteiger partial charge in [-0.1, -0.05) is 18.5 Å². The van der Waals surface area contributed by atoms with Crippen LogP contribution in [0.15, 0.2) is 0 Å². The molecule has 1 aromatic heterocycles. The van der Waals surface area contributed by atoms with E-state index < -0.39 is 0 Å². The zero-order valence-electron chi connectivity index (χ0n) is 10.8. The van der Waals surface area contributed by atoms with Crippen molar-refractivity contribution in [2.24, 2.45) is 18.7 Å². The minimum atomic E-state index is 0.275. The summed E-state index contributed by atoms with van der Waals surface area (Å²) in [6.45, 7) is 7.05. The third kappa shape index (κ3) is 2.64. The summed E-state index contributed by atoms with van der Waals surface area (Å²) in [5.74, 6) is 0.620. The fourth-order valence-electron chi connectivity index (χ4n) is 2.38. The van der Waals surface area contributed by atoms with Crippen molar-refractivity contribution < 1.29 is 0 Å². The normalized spacial score (nSPS) is 26.4. The lowest BCUT2D eigenvalue weighted by Crippen LogP contribution is -2.47. The van der Waals surface area contributed by atoms with Gasteiger partial charge in [-0.15, -0.1) is 0 Å². The van der Waals surface area contributed by atoms with E-state index >= 15 is 0 Å². The highest BCUT2D eigenvalue weighted by Gasteiger charge is 2.24. The summed E-state index contributed by atoms with van der Waals surface area (Å²) in [4.78, 5) is 2.37. The largest absolute Gasteiger partial charge is 0.326 e. The van der Waals surface area contributed by atoms with Crippen molar-refractivity contribution in [1.29, 1.82) is 0 Å². The third-order valence-corrected chi connectivity index (χ3v) is 4.23. The Bertz CT molecular complexity index is 401. The van der Waals surface area contributed by atoms with Crippen LogP contribution in [0.2, 0.25) is 5.02 Å². The molecule has 1 saturated heterocycles. The molecular weight excluding hydrogens is 236 g/mol. The average molecular weight is 257 g/mol. The Kier molecular flexibility index (Phi) is 3.76. The summed E-state index contributed by atoms with van der Waals surface area (Å²) in [7, 11) is 1.95. The number of nitrogens with zero attached hydrogens (tertiary/aromatic N) is 3. The minimum Gasteiger partial charge on any atom is -0.326 e. The van der Waals surface area contributed by atoms with Crippen molar-refractivity contribution in [1.82, 2.24) is 14.7 Å². The van der Waals surface area contributed by atoms with E-state index in [-0.39, 0.29) is 6.04 Å². The Morgan fingerprint density at radius 2 is 2.24 bits per heavy atom. The number of rotatable bonds is 2. The molecule has 1 aliphatic heterocycles. The predicted octanol–water partition coefficient (Wildman–Crippen LogP) is 1.55. The van der Waals surface area contributed by atoms with E-state index in [9.17, 15) is 0 Å². The molecule has 0 amide bonds. The highest BCUT2D eigenvalue weighted by molar-refractivity contribution is 6.31. The fourth-order valence-corrected chi connectivity index (χ4v) is 2.60. The number of nitrogens with two attached hydrogens (primary N) is 1. The molecule has 0 aromatic carbocycles. The number of aromatic nitrogens is 2. The van der Waals surface area contributed by atoms with Crippen molar-refractivity contribution in [2.45, 2.75) is 32.9 Å². The molecule has 1 aromatic rings. The van der Waals surface area contributed by atoms with E-state index in [4.69, 9.17) is 17.3 Å². The van der Waals surface area contributed by atoms with Gasteiger partial charge in [0.2, 0.25) is 0 Å². The van der Waals surface area contributed by atoms with Gasteiger partial charge in [-0.25, -0.2) is 0 Å². The van der Waals surface area contributed by atoms with E-state index in [1.807, 2.05) is 18.7 Å². The van der Waals surface area contributed by atoms with Crippen LogP contribution in [-0.2, 0) is 13.6 Å². The Balaban J connectivity index is 2.06. The van der Waals surface area contributed by atoms with Crippen molar-refractivity contribution in [3.63, 3.8) is 0 Å². The maximum atomic E-state index is 6.26. The van der Waals surface area contributed by atoms with Gasteiger partial charge >= 0.3 is 0 Å². The van der Waals surface area contributed by atoms with Gasteiger partial charge in [0, 0.05) is 26.2 Å². The topological polar surface area (TPSA) is 47.1 Å². The van der Waals surface area contributed by atoms with E-state index in [0.717, 1.165) is 42.5 Å². The monoisotopic (exact) mass is 256 g/mol. The molecular formula is C12H21ClN4. The summed E-state index contributed by atoms with van der Waals surface area (Å²) in [6, 6.07) is 0.275. The van der Waals surface area contributed by atoms with Crippen LogP contribution in [0.3, 0.4) is 0 Å². The second-order valence-electron chi connectivity index (χ2n) is 5.13. The van der Waals surface area contributed by atoms with Gasteiger partial charge in [-0.3, -0.25) is 9.58 Å². The molecule has 1 aliphatic rings. The van der Waals surface area contributed by atoms with Crippen LogP contribution in [0, 0.1) is 12.8 Å². The van der Waals surface area contributed by atoms with Gasteiger partial charge in [0.05, 0.1) is 16.4 Å². The number of halogens is 1.